The van der Waals surface area contributed by atoms with Gasteiger partial charge in [0, 0.05) is 26.2 Å². The highest BCUT2D eigenvalue weighted by molar-refractivity contribution is 7.12. The summed E-state index contributed by atoms with van der Waals surface area (Å²) in [5.74, 6) is -0.0789. The van der Waals surface area contributed by atoms with E-state index in [4.69, 9.17) is 0 Å². The molecular weight excluding hydrogens is 277 g/mol. The number of aryl methyl sites for hydroxylation is 1. The van der Waals surface area contributed by atoms with Gasteiger partial charge in [-0.1, -0.05) is 0 Å². The Morgan fingerprint density at radius 3 is 2.42 bits per heavy atom. The van der Waals surface area contributed by atoms with Crippen LogP contribution in [0.25, 0.3) is 0 Å². The van der Waals surface area contributed by atoms with Crippen molar-refractivity contribution in [2.75, 3.05) is 32.7 Å². The van der Waals surface area contributed by atoms with E-state index in [0.717, 1.165) is 5.56 Å². The van der Waals surface area contributed by atoms with E-state index in [1.54, 1.807) is 4.90 Å². The van der Waals surface area contributed by atoms with Crippen LogP contribution in [0.3, 0.4) is 0 Å². The predicted octanol–water partition coefficient (Wildman–Crippen LogP) is 2.38. The Morgan fingerprint density at radius 2 is 1.95 bits per heavy atom. The third-order valence-corrected chi connectivity index (χ3v) is 4.04. The molecule has 3 nitrogen and oxygen atoms in total. The average molecular weight is 292 g/mol. The summed E-state index contributed by atoms with van der Waals surface area (Å²) in [5.41, 5.74) is 1.03. The summed E-state index contributed by atoms with van der Waals surface area (Å²) in [6.07, 6.45) is -4.17. The number of hydrogen-bond acceptors (Lipinski definition) is 3. The summed E-state index contributed by atoms with van der Waals surface area (Å²) in [6, 6.07) is 1.81. The van der Waals surface area contributed by atoms with Crippen LogP contribution < -0.4 is 0 Å². The Labute approximate surface area is 113 Å². The number of carbonyl (C=O) groups is 1. The monoisotopic (exact) mass is 292 g/mol. The van der Waals surface area contributed by atoms with Crippen LogP contribution in [0.1, 0.15) is 15.2 Å². The molecule has 0 radical (unpaired) electrons. The highest BCUT2D eigenvalue weighted by Gasteiger charge is 2.33. The molecule has 2 heterocycles. The minimum absolute atomic E-state index is 0.0789. The highest BCUT2D eigenvalue weighted by Crippen LogP contribution is 2.20. The molecule has 1 aliphatic rings. The Kier molecular flexibility index (Phi) is 4.15. The lowest BCUT2D eigenvalue weighted by molar-refractivity contribution is -0.148. The van der Waals surface area contributed by atoms with Crippen molar-refractivity contribution in [3.63, 3.8) is 0 Å². The zero-order chi connectivity index (χ0) is 14.0. The van der Waals surface area contributed by atoms with E-state index >= 15 is 0 Å². The number of amides is 1. The summed E-state index contributed by atoms with van der Waals surface area (Å²) in [5, 5.41) is 1.90. The summed E-state index contributed by atoms with van der Waals surface area (Å²) in [4.78, 5) is 15.7. The van der Waals surface area contributed by atoms with Gasteiger partial charge in [-0.2, -0.15) is 13.2 Å². The molecule has 1 amide bonds. The first-order valence-corrected chi connectivity index (χ1v) is 6.86. The Bertz CT molecular complexity index is 450. The van der Waals surface area contributed by atoms with Gasteiger partial charge in [0.1, 0.15) is 0 Å². The van der Waals surface area contributed by atoms with Crippen molar-refractivity contribution >= 4 is 17.2 Å². The smallest absolute Gasteiger partial charge is 0.335 e. The third kappa shape index (κ3) is 3.94. The molecule has 0 atom stereocenters. The van der Waals surface area contributed by atoms with Gasteiger partial charge in [0.2, 0.25) is 0 Å². The maximum absolute atomic E-state index is 12.2. The summed E-state index contributed by atoms with van der Waals surface area (Å²) < 4.78 is 36.7. The molecule has 1 fully saturated rings. The topological polar surface area (TPSA) is 23.6 Å². The Hall–Kier alpha value is -1.08. The molecule has 0 unspecified atom stereocenters. The van der Waals surface area contributed by atoms with Crippen LogP contribution in [0, 0.1) is 6.92 Å². The van der Waals surface area contributed by atoms with Crippen molar-refractivity contribution in [3.8, 4) is 0 Å². The molecule has 1 aliphatic heterocycles. The van der Waals surface area contributed by atoms with Crippen LogP contribution in [0.4, 0.5) is 13.2 Å². The number of alkyl halides is 3. The van der Waals surface area contributed by atoms with E-state index in [2.05, 4.69) is 0 Å². The molecule has 1 aromatic heterocycles. The van der Waals surface area contributed by atoms with Gasteiger partial charge in [-0.25, -0.2) is 0 Å². The molecule has 0 aromatic carbocycles. The van der Waals surface area contributed by atoms with Crippen molar-refractivity contribution < 1.29 is 18.0 Å². The molecule has 1 saturated heterocycles. The van der Waals surface area contributed by atoms with Gasteiger partial charge in [-0.15, -0.1) is 11.3 Å². The summed E-state index contributed by atoms with van der Waals surface area (Å²) in [7, 11) is 0. The molecule has 1 aromatic rings. The van der Waals surface area contributed by atoms with Gasteiger partial charge in [-0.05, 0) is 23.9 Å². The number of rotatable bonds is 2. The van der Waals surface area contributed by atoms with Crippen molar-refractivity contribution in [2.45, 2.75) is 13.1 Å². The van der Waals surface area contributed by atoms with Crippen LogP contribution in [-0.4, -0.2) is 54.6 Å². The first-order valence-electron chi connectivity index (χ1n) is 5.99. The lowest BCUT2D eigenvalue weighted by Crippen LogP contribution is -2.50. The van der Waals surface area contributed by atoms with Gasteiger partial charge in [0.15, 0.2) is 0 Å². The molecule has 0 N–H and O–H groups in total. The molecule has 106 valence electrons. The third-order valence-electron chi connectivity index (χ3n) is 3.00. The molecular formula is C12H15F3N2OS. The standard InChI is InChI=1S/C12H15F3N2OS/c1-9-6-10(19-7-9)11(18)17-4-2-16(3-5-17)8-12(13,14)15/h6-7H,2-5,8H2,1H3. The van der Waals surface area contributed by atoms with E-state index in [9.17, 15) is 18.0 Å². The first kappa shape index (κ1) is 14.3. The van der Waals surface area contributed by atoms with Gasteiger partial charge in [-0.3, -0.25) is 9.69 Å². The average Bonchev–Trinajstić information content (AvgIpc) is 2.74. The number of nitrogens with zero attached hydrogens (tertiary/aromatic N) is 2. The van der Waals surface area contributed by atoms with Crippen molar-refractivity contribution in [2.24, 2.45) is 0 Å². The molecule has 0 aliphatic carbocycles. The molecule has 19 heavy (non-hydrogen) atoms. The van der Waals surface area contributed by atoms with Crippen molar-refractivity contribution in [3.05, 3.63) is 21.9 Å². The van der Waals surface area contributed by atoms with Crippen LogP contribution in [-0.2, 0) is 0 Å². The minimum Gasteiger partial charge on any atom is -0.335 e. The zero-order valence-electron chi connectivity index (χ0n) is 10.5. The number of carbonyl (C=O) groups excluding carboxylic acids is 1. The largest absolute Gasteiger partial charge is 0.401 e. The molecule has 2 rings (SSSR count). The zero-order valence-corrected chi connectivity index (χ0v) is 11.4. The lowest BCUT2D eigenvalue weighted by Gasteiger charge is -2.34. The normalized spacial score (nSPS) is 17.8. The first-order chi connectivity index (χ1) is 8.85. The Balaban J connectivity index is 1.88. The van der Waals surface area contributed by atoms with E-state index < -0.39 is 12.7 Å². The van der Waals surface area contributed by atoms with Gasteiger partial charge < -0.3 is 4.90 Å². The highest BCUT2D eigenvalue weighted by atomic mass is 32.1. The number of piperazine rings is 1. The van der Waals surface area contributed by atoms with Crippen LogP contribution in [0.5, 0.6) is 0 Å². The lowest BCUT2D eigenvalue weighted by atomic mass is 10.2. The van der Waals surface area contributed by atoms with E-state index in [-0.39, 0.29) is 19.0 Å². The second-order valence-corrected chi connectivity index (χ2v) is 5.58. The molecule has 0 bridgehead atoms. The van der Waals surface area contributed by atoms with Gasteiger partial charge in [0.25, 0.3) is 5.91 Å². The van der Waals surface area contributed by atoms with Gasteiger partial charge >= 0.3 is 6.18 Å². The van der Waals surface area contributed by atoms with Crippen LogP contribution in [0.15, 0.2) is 11.4 Å². The van der Waals surface area contributed by atoms with Crippen molar-refractivity contribution in [1.82, 2.24) is 9.80 Å². The molecule has 0 saturated carbocycles. The summed E-state index contributed by atoms with van der Waals surface area (Å²) >= 11 is 1.38. The SMILES string of the molecule is Cc1csc(C(=O)N2CCN(CC(F)(F)F)CC2)c1. The second-order valence-electron chi connectivity index (χ2n) is 4.67. The number of halogens is 3. The maximum Gasteiger partial charge on any atom is 0.401 e. The van der Waals surface area contributed by atoms with Crippen LogP contribution in [0.2, 0.25) is 0 Å². The minimum atomic E-state index is -4.17. The Morgan fingerprint density at radius 1 is 1.32 bits per heavy atom. The van der Waals surface area contributed by atoms with E-state index in [0.29, 0.717) is 18.0 Å². The predicted molar refractivity (Wildman–Crippen MR) is 67.5 cm³/mol. The quantitative estimate of drug-likeness (QED) is 0.835. The molecule has 0 spiro atoms. The fourth-order valence-electron chi connectivity index (χ4n) is 2.06. The maximum atomic E-state index is 12.2. The second kappa shape index (κ2) is 5.50. The fraction of sp³-hybridized carbons (Fsp3) is 0.583. The van der Waals surface area contributed by atoms with E-state index in [1.807, 2.05) is 18.4 Å². The molecule has 7 heteroatoms. The van der Waals surface area contributed by atoms with Crippen LogP contribution >= 0.6 is 11.3 Å². The van der Waals surface area contributed by atoms with Crippen molar-refractivity contribution in [1.29, 1.82) is 0 Å². The number of hydrogen-bond donors (Lipinski definition) is 0. The fourth-order valence-corrected chi connectivity index (χ4v) is 2.93. The van der Waals surface area contributed by atoms with Gasteiger partial charge in [0.05, 0.1) is 11.4 Å². The summed E-state index contributed by atoms with van der Waals surface area (Å²) in [6.45, 7) is 2.27. The number of thiophene rings is 1. The van der Waals surface area contributed by atoms with E-state index in [1.165, 1.54) is 16.2 Å².